The van der Waals surface area contributed by atoms with Crippen molar-refractivity contribution in [3.05, 3.63) is 107 Å². The summed E-state index contributed by atoms with van der Waals surface area (Å²) in [7, 11) is 1.89. The number of phenolic OH excluding ortho intramolecular Hbond substituents is 2. The van der Waals surface area contributed by atoms with E-state index >= 15 is 0 Å². The van der Waals surface area contributed by atoms with Gasteiger partial charge < -0.3 is 66.4 Å². The van der Waals surface area contributed by atoms with Crippen LogP contribution in [0.3, 0.4) is 0 Å². The number of aliphatic carboxylic acids is 1. The molecule has 0 unspecified atom stereocenters. The lowest BCUT2D eigenvalue weighted by Crippen LogP contribution is -2.67. The average Bonchev–Trinajstić information content (AvgIpc) is 3.99. The normalized spacial score (nSPS) is 31.9. The number of carboxylic acids is 1. The maximum Gasteiger partial charge on any atom is 0.355 e. The van der Waals surface area contributed by atoms with Crippen LogP contribution in [-0.4, -0.2) is 125 Å². The van der Waals surface area contributed by atoms with Crippen LogP contribution >= 0.6 is 0 Å². The number of carbonyl (C=O) groups is 2. The number of anilines is 1. The molecule has 8 rings (SSSR count). The summed E-state index contributed by atoms with van der Waals surface area (Å²) in [5.74, 6) is -7.27. The number of benzene rings is 3. The topological polar surface area (TPSA) is 284 Å². The molecule has 12 N–H and O–H groups in total. The number of nitrogens with one attached hydrogen (secondary N) is 2. The molecule has 1 amide bonds. The van der Waals surface area contributed by atoms with Crippen molar-refractivity contribution in [1.82, 2.24) is 15.3 Å². The number of aromatic amines is 1. The van der Waals surface area contributed by atoms with Crippen molar-refractivity contribution in [3.63, 3.8) is 0 Å². The third-order valence-electron chi connectivity index (χ3n) is 13.4. The number of rotatable bonds is 12. The predicted octanol–water partition coefficient (Wildman–Crippen LogP) is 1.98. The molecule has 0 bridgehead atoms. The zero-order valence-electron chi connectivity index (χ0n) is 34.0. The van der Waals surface area contributed by atoms with Gasteiger partial charge in [-0.05, 0) is 80.1 Å². The molecule has 62 heavy (non-hydrogen) atoms. The van der Waals surface area contributed by atoms with Gasteiger partial charge in [0.05, 0.1) is 24.3 Å². The minimum Gasteiger partial charge on any atom is -0.508 e. The zero-order chi connectivity index (χ0) is 44.1. The Balaban J connectivity index is 1.18. The quantitative estimate of drug-likeness (QED) is 0.0718. The van der Waals surface area contributed by atoms with Gasteiger partial charge in [0.2, 0.25) is 0 Å². The number of likely N-dealkylation sites (N-methyl/N-ethyl adjacent to an activating group) is 1. The molecule has 1 aromatic heterocycles. The summed E-state index contributed by atoms with van der Waals surface area (Å²) in [5.41, 5.74) is 10.4. The molecule has 3 aromatic carbocycles. The molecule has 0 radical (unpaired) electrons. The summed E-state index contributed by atoms with van der Waals surface area (Å²) in [6.45, 7) is -0.139. The van der Waals surface area contributed by atoms with Gasteiger partial charge in [-0.3, -0.25) is 9.69 Å². The fourth-order valence-electron chi connectivity index (χ4n) is 10.3. The number of aromatic hydroxyl groups is 2. The van der Waals surface area contributed by atoms with E-state index in [1.54, 1.807) is 24.5 Å². The molecule has 3 heterocycles. The number of aliphatic hydroxyl groups excluding tert-OH is 4. The van der Waals surface area contributed by atoms with Gasteiger partial charge in [-0.25, -0.2) is 9.78 Å². The van der Waals surface area contributed by atoms with Crippen LogP contribution in [0.4, 0.5) is 5.69 Å². The highest BCUT2D eigenvalue weighted by Crippen LogP contribution is 2.55. The molecule has 2 aliphatic heterocycles. The number of phenols is 2. The summed E-state index contributed by atoms with van der Waals surface area (Å²) >= 11 is 0. The van der Waals surface area contributed by atoms with Gasteiger partial charge in [-0.15, -0.1) is 0 Å². The van der Waals surface area contributed by atoms with E-state index in [2.05, 4.69) is 15.3 Å². The zero-order valence-corrected chi connectivity index (χ0v) is 34.0. The van der Waals surface area contributed by atoms with Crippen LogP contribution in [0, 0.1) is 0 Å². The first-order valence-corrected chi connectivity index (χ1v) is 20.9. The van der Waals surface area contributed by atoms with Crippen LogP contribution in [0.1, 0.15) is 89.9 Å². The first kappa shape index (κ1) is 43.3. The van der Waals surface area contributed by atoms with Gasteiger partial charge in [-0.2, -0.15) is 0 Å². The SMILES string of the molecule is CNC[C@@H]1CC[C@H](c2cc(/C=C/C(=O)N3c4cc(O[C@]5(O)O[C@H](CO)[C@@H](O)[C@H](O)[C@H]5O)c(O)cc4[C@H](C[C@]4(c5ccccc5)CCC[C@@H]4N)[C@@H]3C(=O)O)ccc2O)c2[nH]cnc21. The number of nitrogens with zero attached hydrogens (tertiary/aromatic N) is 2. The molecule has 17 nitrogen and oxygen atoms in total. The summed E-state index contributed by atoms with van der Waals surface area (Å²) in [5, 5.41) is 89.3. The van der Waals surface area contributed by atoms with E-state index < -0.39 is 77.7 Å². The van der Waals surface area contributed by atoms with Crippen LogP contribution in [0.25, 0.3) is 6.08 Å². The van der Waals surface area contributed by atoms with E-state index in [4.69, 9.17) is 15.2 Å². The van der Waals surface area contributed by atoms with Gasteiger partial charge in [0.25, 0.3) is 5.91 Å². The highest BCUT2D eigenvalue weighted by Gasteiger charge is 2.56. The molecule has 1 saturated heterocycles. The van der Waals surface area contributed by atoms with Crippen LogP contribution in [0.15, 0.2) is 73.1 Å². The van der Waals surface area contributed by atoms with Gasteiger partial charge in [-0.1, -0.05) is 42.8 Å². The minimum absolute atomic E-state index is 0.00400. The van der Waals surface area contributed by atoms with Crippen molar-refractivity contribution in [1.29, 1.82) is 0 Å². The second-order valence-corrected chi connectivity index (χ2v) is 16.9. The smallest absolute Gasteiger partial charge is 0.355 e. The van der Waals surface area contributed by atoms with Gasteiger partial charge in [0, 0.05) is 59.2 Å². The monoisotopic (exact) mass is 855 g/mol. The fraction of sp³-hybridized carbons (Fsp3) is 0.444. The van der Waals surface area contributed by atoms with E-state index in [1.807, 2.05) is 37.4 Å². The summed E-state index contributed by atoms with van der Waals surface area (Å²) < 4.78 is 10.9. The third kappa shape index (κ3) is 7.51. The fourth-order valence-corrected chi connectivity index (χ4v) is 10.3. The van der Waals surface area contributed by atoms with E-state index in [1.165, 1.54) is 18.2 Å². The third-order valence-corrected chi connectivity index (χ3v) is 13.4. The predicted molar refractivity (Wildman–Crippen MR) is 223 cm³/mol. The maximum atomic E-state index is 14.6. The van der Waals surface area contributed by atoms with E-state index in [-0.39, 0.29) is 41.3 Å². The van der Waals surface area contributed by atoms with E-state index in [0.717, 1.165) is 53.7 Å². The number of fused-ring (bicyclic) bond motifs is 2. The maximum absolute atomic E-state index is 14.6. The van der Waals surface area contributed by atoms with Crippen LogP contribution in [-0.2, 0) is 19.7 Å². The number of ether oxygens (including phenoxy) is 2. The standard InChI is InChI=1S/C45H53N5O12/c1-47-20-24-11-12-26(38-37(24)48-22-49-38)28-16-23(9-13-31(28)52)10-14-36(54)50-30-18-33(61-45(60)42(57)41(56)40(55)34(21-51)62-45)32(53)17-27(30)29(39(50)43(58)59)19-44(15-5-8-35(44)46)25-6-3-2-4-7-25/h2-4,6-7,9-10,13-14,16-18,22,24,26,29,34-35,39-42,47,51-53,55-57,60H,5,8,11-12,15,19-21,46H2,1H3,(H,48,49)(H,58,59)/b14-10+/t24-,26+,29-,34+,35-,39+,40+,41-,42+,44-,45-/m0/s1. The molecule has 4 aliphatic rings. The Hall–Kier alpha value is -5.37. The number of H-pyrrole nitrogens is 1. The molecular weight excluding hydrogens is 803 g/mol. The lowest BCUT2D eigenvalue weighted by atomic mass is 9.68. The Labute approximate surface area is 357 Å². The summed E-state index contributed by atoms with van der Waals surface area (Å²) in [6, 6.07) is 15.0. The number of aliphatic hydroxyl groups is 5. The van der Waals surface area contributed by atoms with Crippen LogP contribution in [0.2, 0.25) is 0 Å². The number of carboxylic acid groups (broad SMARTS) is 1. The number of aromatic nitrogens is 2. The number of amides is 1. The van der Waals surface area contributed by atoms with Crippen molar-refractivity contribution in [2.75, 3.05) is 25.1 Å². The lowest BCUT2D eigenvalue weighted by Gasteiger charge is -2.44. The Kier molecular flexibility index (Phi) is 11.9. The Bertz CT molecular complexity index is 2320. The van der Waals surface area contributed by atoms with E-state index in [0.29, 0.717) is 24.0 Å². The first-order valence-electron chi connectivity index (χ1n) is 20.9. The summed E-state index contributed by atoms with van der Waals surface area (Å²) in [4.78, 5) is 37.0. The highest BCUT2D eigenvalue weighted by atomic mass is 16.8. The molecule has 4 aromatic rings. The van der Waals surface area contributed by atoms with E-state index in [9.17, 15) is 50.4 Å². The molecule has 2 aliphatic carbocycles. The van der Waals surface area contributed by atoms with Crippen LogP contribution < -0.4 is 20.7 Å². The second kappa shape index (κ2) is 17.1. The van der Waals surface area contributed by atoms with Crippen molar-refractivity contribution in [2.45, 2.75) is 104 Å². The van der Waals surface area contributed by atoms with Crippen molar-refractivity contribution >= 4 is 23.6 Å². The van der Waals surface area contributed by atoms with Crippen molar-refractivity contribution in [3.8, 4) is 17.2 Å². The Morgan fingerprint density at radius 1 is 1.03 bits per heavy atom. The highest BCUT2D eigenvalue weighted by molar-refractivity contribution is 6.10. The number of carbonyl (C=O) groups excluding carboxylic acids is 1. The number of hydrogen-bond donors (Lipinski definition) is 11. The largest absolute Gasteiger partial charge is 0.508 e. The van der Waals surface area contributed by atoms with Gasteiger partial charge in [0.15, 0.2) is 17.6 Å². The molecule has 1 saturated carbocycles. The Morgan fingerprint density at radius 3 is 2.50 bits per heavy atom. The number of nitrogens with two attached hydrogens (primary N) is 1. The lowest BCUT2D eigenvalue weighted by molar-refractivity contribution is -0.422. The second-order valence-electron chi connectivity index (χ2n) is 16.9. The molecular formula is C45H53N5O12. The number of hydrogen-bond acceptors (Lipinski definition) is 14. The molecule has 17 heteroatoms. The Morgan fingerprint density at radius 2 is 1.81 bits per heavy atom. The molecule has 11 atom stereocenters. The average molecular weight is 856 g/mol. The minimum atomic E-state index is -3.12. The number of imidazole rings is 1. The summed E-state index contributed by atoms with van der Waals surface area (Å²) in [6.07, 6.45) is 0.446. The molecule has 2 fully saturated rings. The first-order chi connectivity index (χ1) is 29.7. The molecule has 330 valence electrons. The van der Waals surface area contributed by atoms with Crippen LogP contribution in [0.5, 0.6) is 17.2 Å². The van der Waals surface area contributed by atoms with Crippen molar-refractivity contribution in [2.24, 2.45) is 5.73 Å². The molecule has 0 spiro atoms. The van der Waals surface area contributed by atoms with Gasteiger partial charge >= 0.3 is 11.9 Å². The van der Waals surface area contributed by atoms with Crippen molar-refractivity contribution < 1.29 is 59.9 Å². The van der Waals surface area contributed by atoms with Gasteiger partial charge in [0.1, 0.15) is 30.1 Å².